The van der Waals surface area contributed by atoms with Crippen LogP contribution in [0.5, 0.6) is 11.5 Å². The molecule has 0 bridgehead atoms. The van der Waals surface area contributed by atoms with Gasteiger partial charge in [0.25, 0.3) is 0 Å². The first kappa shape index (κ1) is 23.8. The number of aromatic hydroxyl groups is 1. The number of nitrogens with zero attached hydrogens (tertiary/aromatic N) is 1. The second-order valence-electron chi connectivity index (χ2n) is 6.87. The Balaban J connectivity index is 2.24. The molecule has 10 heteroatoms. The van der Waals surface area contributed by atoms with Crippen molar-refractivity contribution in [1.29, 1.82) is 0 Å². The van der Waals surface area contributed by atoms with Crippen LogP contribution in [0.4, 0.5) is 0 Å². The van der Waals surface area contributed by atoms with Crippen LogP contribution in [0.25, 0.3) is 0 Å². The average molecular weight is 438 g/mol. The molecule has 0 saturated carbocycles. The first-order valence-corrected chi connectivity index (χ1v) is 10.9. The Kier molecular flexibility index (Phi) is 8.37. The normalized spacial score (nSPS) is 14.2. The zero-order valence-electron chi connectivity index (χ0n) is 17.4. The van der Waals surface area contributed by atoms with Crippen LogP contribution >= 0.6 is 7.75 Å². The molecule has 0 aliphatic rings. The van der Waals surface area contributed by atoms with E-state index >= 15 is 0 Å². The molecule has 0 aliphatic carbocycles. The highest BCUT2D eigenvalue weighted by atomic mass is 31.2. The summed E-state index contributed by atoms with van der Waals surface area (Å²) in [6, 6.07) is 7.36. The van der Waals surface area contributed by atoms with Crippen molar-refractivity contribution < 1.29 is 33.4 Å². The zero-order valence-corrected chi connectivity index (χ0v) is 18.3. The molecule has 0 aliphatic heterocycles. The van der Waals surface area contributed by atoms with Crippen LogP contribution in [0.2, 0.25) is 0 Å². The molecule has 2 rings (SSSR count). The number of ether oxygens (including phenoxy) is 1. The van der Waals surface area contributed by atoms with Gasteiger partial charge in [0, 0.05) is 17.3 Å². The van der Waals surface area contributed by atoms with Gasteiger partial charge in [-0.1, -0.05) is 18.2 Å². The fourth-order valence-corrected chi connectivity index (χ4v) is 3.94. The van der Waals surface area contributed by atoms with Crippen LogP contribution in [-0.2, 0) is 31.8 Å². The highest BCUT2D eigenvalue weighted by Gasteiger charge is 2.33. The highest BCUT2D eigenvalue weighted by molar-refractivity contribution is 7.52. The summed E-state index contributed by atoms with van der Waals surface area (Å²) in [5.41, 5.74) is 0.882. The van der Waals surface area contributed by atoms with Crippen molar-refractivity contribution in [2.75, 3.05) is 0 Å². The number of pyridine rings is 1. The van der Waals surface area contributed by atoms with Gasteiger partial charge in [0.15, 0.2) is 0 Å². The third kappa shape index (κ3) is 6.53. The van der Waals surface area contributed by atoms with Crippen molar-refractivity contribution in [2.24, 2.45) is 0 Å². The maximum absolute atomic E-state index is 13.4. The topological polar surface area (TPSA) is 127 Å². The molecule has 1 aromatic heterocycles. The van der Waals surface area contributed by atoms with E-state index in [9.17, 15) is 19.6 Å². The number of carbonyl (C=O) groups is 1. The molecule has 0 radical (unpaired) electrons. The summed E-state index contributed by atoms with van der Waals surface area (Å²) in [4.78, 5) is 16.2. The van der Waals surface area contributed by atoms with Gasteiger partial charge in [-0.05, 0) is 39.8 Å². The summed E-state index contributed by atoms with van der Waals surface area (Å²) in [5, 5.41) is 22.2. The number of aromatic nitrogens is 1. The Morgan fingerprint density at radius 3 is 2.50 bits per heavy atom. The van der Waals surface area contributed by atoms with Crippen molar-refractivity contribution in [3.8, 4) is 11.5 Å². The largest absolute Gasteiger partial charge is 0.506 e. The zero-order chi connectivity index (χ0) is 22.3. The minimum absolute atomic E-state index is 0.167. The van der Waals surface area contributed by atoms with E-state index in [0.29, 0.717) is 11.3 Å². The van der Waals surface area contributed by atoms with Crippen LogP contribution in [-0.4, -0.2) is 33.3 Å². The number of aliphatic hydroxyl groups excluding tert-OH is 1. The fraction of sp³-hybridized carbons (Fsp3) is 0.400. The third-order valence-corrected chi connectivity index (χ3v) is 5.63. The van der Waals surface area contributed by atoms with Gasteiger partial charge in [0.2, 0.25) is 0 Å². The number of hydrogen-bond donors (Lipinski definition) is 3. The molecule has 30 heavy (non-hydrogen) atoms. The number of nitrogens with one attached hydrogen (secondary N) is 1. The van der Waals surface area contributed by atoms with E-state index in [4.69, 9.17) is 13.8 Å². The van der Waals surface area contributed by atoms with Gasteiger partial charge in [-0.25, -0.2) is 4.57 Å². The number of para-hydroxylation sites is 1. The molecule has 2 aromatic rings. The van der Waals surface area contributed by atoms with E-state index < -0.39 is 26.4 Å². The molecule has 0 saturated heterocycles. The maximum Gasteiger partial charge on any atom is 0.459 e. The van der Waals surface area contributed by atoms with Crippen LogP contribution < -0.4 is 9.61 Å². The molecule has 164 valence electrons. The molecule has 3 N–H and O–H groups in total. The number of hydrogen-bond acceptors (Lipinski definition) is 8. The quantitative estimate of drug-likeness (QED) is 0.378. The molecule has 0 fully saturated rings. The first-order chi connectivity index (χ1) is 14.1. The lowest BCUT2D eigenvalue weighted by atomic mass is 10.1. The smallest absolute Gasteiger partial charge is 0.459 e. The Labute approximate surface area is 175 Å². The van der Waals surface area contributed by atoms with Crippen molar-refractivity contribution >= 4 is 13.7 Å². The maximum atomic E-state index is 13.4. The van der Waals surface area contributed by atoms with Gasteiger partial charge in [0.05, 0.1) is 25.0 Å². The molecular formula is C20H27N2O7P. The van der Waals surface area contributed by atoms with Gasteiger partial charge in [-0.15, -0.1) is 0 Å². The lowest BCUT2D eigenvalue weighted by Crippen LogP contribution is -2.36. The fourth-order valence-electron chi connectivity index (χ4n) is 2.47. The summed E-state index contributed by atoms with van der Waals surface area (Å²) in [5.74, 6) is -0.513. The first-order valence-electron chi connectivity index (χ1n) is 9.40. The minimum atomic E-state index is -4.06. The molecule has 2 atom stereocenters. The molecule has 0 amide bonds. The number of aryl methyl sites for hydroxylation is 1. The monoisotopic (exact) mass is 438 g/mol. The molecule has 1 aromatic carbocycles. The van der Waals surface area contributed by atoms with Gasteiger partial charge < -0.3 is 19.5 Å². The standard InChI is InChI=1S/C20H27N2O7P/c1-13(2)28-20(25)15(4)22-30(26,29-17-8-6-5-7-9-17)27-12-16-10-21-14(3)19(24)18(16)11-23/h5-10,13,15,23-24H,11-12H2,1-4H3,(H,22,26)/t15-,30-/m0/s1. The lowest BCUT2D eigenvalue weighted by Gasteiger charge is -2.23. The van der Waals surface area contributed by atoms with Crippen LogP contribution in [0.15, 0.2) is 36.5 Å². The summed E-state index contributed by atoms with van der Waals surface area (Å²) in [6.07, 6.45) is 1.06. The van der Waals surface area contributed by atoms with Crippen molar-refractivity contribution in [2.45, 2.75) is 53.1 Å². The SMILES string of the molecule is Cc1ncc(CO[P@@](=O)(N[C@@H](C)C(=O)OC(C)C)Oc2ccccc2)c(CO)c1O. The van der Waals surface area contributed by atoms with Crippen molar-refractivity contribution in [3.05, 3.63) is 53.3 Å². The van der Waals surface area contributed by atoms with E-state index in [0.717, 1.165) is 0 Å². The molecule has 1 heterocycles. The summed E-state index contributed by atoms with van der Waals surface area (Å²) in [6.45, 7) is 5.73. The van der Waals surface area contributed by atoms with E-state index in [-0.39, 0.29) is 29.8 Å². The number of carbonyl (C=O) groups excluding carboxylic acids is 1. The summed E-state index contributed by atoms with van der Waals surface area (Å²) in [7, 11) is -4.06. The molecule has 9 nitrogen and oxygen atoms in total. The summed E-state index contributed by atoms with van der Waals surface area (Å²) >= 11 is 0. The number of benzene rings is 1. The van der Waals surface area contributed by atoms with E-state index in [2.05, 4.69) is 10.1 Å². The minimum Gasteiger partial charge on any atom is -0.506 e. The third-order valence-electron chi connectivity index (χ3n) is 4.00. The van der Waals surface area contributed by atoms with Crippen molar-refractivity contribution in [1.82, 2.24) is 10.1 Å². The van der Waals surface area contributed by atoms with Gasteiger partial charge in [-0.2, -0.15) is 5.09 Å². The highest BCUT2D eigenvalue weighted by Crippen LogP contribution is 2.46. The molecular weight excluding hydrogens is 411 g/mol. The van der Waals surface area contributed by atoms with E-state index in [1.54, 1.807) is 51.1 Å². The second-order valence-corrected chi connectivity index (χ2v) is 8.56. The summed E-state index contributed by atoms with van der Waals surface area (Å²) < 4.78 is 29.6. The van der Waals surface area contributed by atoms with Crippen LogP contribution in [0.1, 0.15) is 37.6 Å². The molecule has 0 unspecified atom stereocenters. The second kappa shape index (κ2) is 10.5. The Hall–Kier alpha value is -2.45. The number of esters is 1. The van der Waals surface area contributed by atoms with Gasteiger partial charge in [0.1, 0.15) is 17.5 Å². The lowest BCUT2D eigenvalue weighted by molar-refractivity contribution is -0.149. The van der Waals surface area contributed by atoms with Crippen LogP contribution in [0, 0.1) is 6.92 Å². The predicted molar refractivity (Wildman–Crippen MR) is 110 cm³/mol. The Morgan fingerprint density at radius 2 is 1.90 bits per heavy atom. The number of aliphatic hydroxyl groups is 1. The van der Waals surface area contributed by atoms with E-state index in [1.807, 2.05) is 0 Å². The average Bonchev–Trinajstić information content (AvgIpc) is 2.69. The van der Waals surface area contributed by atoms with Crippen LogP contribution in [0.3, 0.4) is 0 Å². The molecule has 0 spiro atoms. The van der Waals surface area contributed by atoms with E-state index in [1.165, 1.54) is 13.1 Å². The Morgan fingerprint density at radius 1 is 1.23 bits per heavy atom. The predicted octanol–water partition coefficient (Wildman–Crippen LogP) is 3.22. The number of rotatable bonds is 10. The van der Waals surface area contributed by atoms with Crippen molar-refractivity contribution in [3.63, 3.8) is 0 Å². The van der Waals surface area contributed by atoms with Gasteiger partial charge >= 0.3 is 13.7 Å². The van der Waals surface area contributed by atoms with Gasteiger partial charge in [-0.3, -0.25) is 14.3 Å². The Bertz CT molecular complexity index is 906.